The van der Waals surface area contributed by atoms with Crippen molar-refractivity contribution in [3.05, 3.63) is 83.2 Å². The number of nitrogens with one attached hydrogen (secondary N) is 1. The monoisotopic (exact) mass is 674 g/mol. The van der Waals surface area contributed by atoms with Crippen molar-refractivity contribution in [2.45, 2.75) is 62.6 Å². The first-order chi connectivity index (χ1) is 22.2. The van der Waals surface area contributed by atoms with Gasteiger partial charge < -0.3 is 19.7 Å². The molecule has 2 aliphatic heterocycles. The van der Waals surface area contributed by atoms with Crippen molar-refractivity contribution in [1.82, 2.24) is 20.1 Å². The second-order valence-electron chi connectivity index (χ2n) is 12.0. The summed E-state index contributed by atoms with van der Waals surface area (Å²) in [6.45, 7) is 4.70. The number of alkyl halides is 3. The molecule has 0 spiro atoms. The van der Waals surface area contributed by atoms with Crippen LogP contribution in [0.4, 0.5) is 13.2 Å². The molecule has 252 valence electrons. The summed E-state index contributed by atoms with van der Waals surface area (Å²) < 4.78 is 70.8. The van der Waals surface area contributed by atoms with Gasteiger partial charge in [-0.15, -0.1) is 13.2 Å². The number of carbonyl (C=O) groups is 2. The van der Waals surface area contributed by atoms with Gasteiger partial charge in [0.2, 0.25) is 0 Å². The molecule has 2 fully saturated rings. The quantitative estimate of drug-likeness (QED) is 0.345. The number of carbonyl (C=O) groups excluding carboxylic acids is 2. The highest BCUT2D eigenvalue weighted by molar-refractivity contribution is 7.90. The number of piperidine rings is 2. The molecule has 2 amide bonds. The van der Waals surface area contributed by atoms with Crippen LogP contribution in [-0.4, -0.2) is 86.0 Å². The summed E-state index contributed by atoms with van der Waals surface area (Å²) >= 11 is 0. The Hall–Kier alpha value is -4.17. The first kappa shape index (κ1) is 34.2. The Morgan fingerprint density at radius 3 is 2.17 bits per heavy atom. The Morgan fingerprint density at radius 1 is 0.936 bits per heavy atom. The van der Waals surface area contributed by atoms with Crippen LogP contribution in [0.1, 0.15) is 57.7 Å². The molecule has 2 aromatic carbocycles. The number of sulfone groups is 1. The number of aromatic nitrogens is 1. The molecule has 0 radical (unpaired) electrons. The number of benzene rings is 2. The Labute approximate surface area is 271 Å². The summed E-state index contributed by atoms with van der Waals surface area (Å²) in [6.07, 6.45) is 0.406. The summed E-state index contributed by atoms with van der Waals surface area (Å²) in [7, 11) is -3.31. The number of hydrogen-bond donors (Lipinski definition) is 1. The zero-order valence-electron chi connectivity index (χ0n) is 26.1. The van der Waals surface area contributed by atoms with Gasteiger partial charge in [0.05, 0.1) is 10.5 Å². The van der Waals surface area contributed by atoms with Gasteiger partial charge in [-0.1, -0.05) is 12.1 Å². The minimum absolute atomic E-state index is 0.0346. The molecule has 0 aliphatic carbocycles. The van der Waals surface area contributed by atoms with E-state index < -0.39 is 16.2 Å². The number of halogens is 3. The van der Waals surface area contributed by atoms with Crippen molar-refractivity contribution in [3.63, 3.8) is 0 Å². The van der Waals surface area contributed by atoms with E-state index in [-0.39, 0.29) is 40.3 Å². The SMILES string of the molecule is Cc1cc(OC2CCN(C(=O)c3ccc(C(=O)NC4CCN(Cc5ccc(OC(F)(F)F)cc5)CC4)cn3)CC2)ccc1S(C)(=O)=O. The average Bonchev–Trinajstić information content (AvgIpc) is 3.02. The van der Waals surface area contributed by atoms with Crippen molar-refractivity contribution in [2.24, 2.45) is 0 Å². The maximum atomic E-state index is 13.1. The maximum Gasteiger partial charge on any atom is 0.573 e. The highest BCUT2D eigenvalue weighted by atomic mass is 32.2. The molecule has 2 aliphatic rings. The first-order valence-electron chi connectivity index (χ1n) is 15.3. The lowest BCUT2D eigenvalue weighted by Crippen LogP contribution is -2.44. The summed E-state index contributed by atoms with van der Waals surface area (Å²) in [5.41, 5.74) is 2.10. The zero-order valence-corrected chi connectivity index (χ0v) is 26.9. The predicted octanol–water partition coefficient (Wildman–Crippen LogP) is 4.77. The number of ether oxygens (including phenoxy) is 2. The van der Waals surface area contributed by atoms with Crippen LogP contribution in [0, 0.1) is 6.92 Å². The van der Waals surface area contributed by atoms with E-state index in [1.54, 1.807) is 54.3 Å². The first-order valence-corrected chi connectivity index (χ1v) is 17.2. The fraction of sp³-hybridized carbons (Fsp3) is 0.424. The van der Waals surface area contributed by atoms with Gasteiger partial charge in [0.15, 0.2) is 9.84 Å². The van der Waals surface area contributed by atoms with Crippen molar-refractivity contribution >= 4 is 21.7 Å². The van der Waals surface area contributed by atoms with E-state index in [4.69, 9.17) is 4.74 Å². The molecule has 0 bridgehead atoms. The van der Waals surface area contributed by atoms with Gasteiger partial charge in [-0.3, -0.25) is 19.5 Å². The third-order valence-corrected chi connectivity index (χ3v) is 9.57. The fourth-order valence-corrected chi connectivity index (χ4v) is 6.82. The molecular weight excluding hydrogens is 637 g/mol. The van der Waals surface area contributed by atoms with Crippen molar-refractivity contribution in [2.75, 3.05) is 32.4 Å². The zero-order chi connectivity index (χ0) is 33.8. The number of rotatable bonds is 9. The van der Waals surface area contributed by atoms with E-state index in [0.717, 1.165) is 18.4 Å². The number of amides is 2. The number of pyridine rings is 1. The van der Waals surface area contributed by atoms with Crippen LogP contribution in [0.25, 0.3) is 0 Å². The smallest absolute Gasteiger partial charge is 0.490 e. The van der Waals surface area contributed by atoms with Crippen LogP contribution in [0.3, 0.4) is 0 Å². The van der Waals surface area contributed by atoms with Gasteiger partial charge in [0, 0.05) is 64.1 Å². The van der Waals surface area contributed by atoms with Crippen LogP contribution >= 0.6 is 0 Å². The van der Waals surface area contributed by atoms with E-state index in [1.165, 1.54) is 24.6 Å². The van der Waals surface area contributed by atoms with Gasteiger partial charge in [0.25, 0.3) is 11.8 Å². The molecule has 0 unspecified atom stereocenters. The standard InChI is InChI=1S/C33H37F3N4O6S/c1-22-19-28(8-10-30(22)47(2,43)44)45-26-13-17-40(18-14-26)32(42)29-9-5-24(20-37-29)31(41)38-25-11-15-39(16-12-25)21-23-3-6-27(7-4-23)46-33(34,35)36/h3-10,19-20,25-26H,11-18,21H2,1-2H3,(H,38,41). The van der Waals surface area contributed by atoms with Crippen LogP contribution in [0.15, 0.2) is 65.7 Å². The maximum absolute atomic E-state index is 13.1. The second-order valence-corrected chi connectivity index (χ2v) is 13.9. The molecule has 0 atom stereocenters. The Morgan fingerprint density at radius 2 is 1.60 bits per heavy atom. The van der Waals surface area contributed by atoms with Crippen molar-refractivity contribution < 1.29 is 40.7 Å². The van der Waals surface area contributed by atoms with Gasteiger partial charge in [-0.25, -0.2) is 8.42 Å². The highest BCUT2D eigenvalue weighted by Gasteiger charge is 2.31. The van der Waals surface area contributed by atoms with Crippen molar-refractivity contribution in [3.8, 4) is 11.5 Å². The van der Waals surface area contributed by atoms with Gasteiger partial charge in [-0.05, 0) is 73.4 Å². The minimum Gasteiger partial charge on any atom is -0.490 e. The molecule has 10 nitrogen and oxygen atoms in total. The summed E-state index contributed by atoms with van der Waals surface area (Å²) in [4.78, 5) is 34.4. The number of likely N-dealkylation sites (tertiary alicyclic amines) is 2. The Bertz CT molecular complexity index is 1670. The predicted molar refractivity (Wildman–Crippen MR) is 167 cm³/mol. The number of hydrogen-bond acceptors (Lipinski definition) is 8. The Kier molecular flexibility index (Phi) is 10.4. The molecule has 1 N–H and O–H groups in total. The summed E-state index contributed by atoms with van der Waals surface area (Å²) in [5.74, 6) is -0.158. The third-order valence-electron chi connectivity index (χ3n) is 8.31. The highest BCUT2D eigenvalue weighted by Crippen LogP contribution is 2.26. The topological polar surface area (TPSA) is 118 Å². The van der Waals surface area contributed by atoms with E-state index in [0.29, 0.717) is 62.4 Å². The van der Waals surface area contributed by atoms with E-state index in [2.05, 4.69) is 19.9 Å². The molecule has 1 aromatic heterocycles. The van der Waals surface area contributed by atoms with E-state index >= 15 is 0 Å². The lowest BCUT2D eigenvalue weighted by molar-refractivity contribution is -0.274. The molecule has 3 heterocycles. The number of nitrogens with zero attached hydrogens (tertiary/aromatic N) is 3. The Balaban J connectivity index is 1.04. The van der Waals surface area contributed by atoms with Crippen LogP contribution in [0.2, 0.25) is 0 Å². The minimum atomic E-state index is -4.72. The molecule has 14 heteroatoms. The summed E-state index contributed by atoms with van der Waals surface area (Å²) in [5, 5.41) is 3.03. The molecular formula is C33H37F3N4O6S. The van der Waals surface area contributed by atoms with Crippen LogP contribution in [0.5, 0.6) is 11.5 Å². The van der Waals surface area contributed by atoms with Crippen molar-refractivity contribution in [1.29, 1.82) is 0 Å². The van der Waals surface area contributed by atoms with E-state index in [9.17, 15) is 31.2 Å². The van der Waals surface area contributed by atoms with Gasteiger partial charge in [-0.2, -0.15) is 0 Å². The summed E-state index contributed by atoms with van der Waals surface area (Å²) in [6, 6.07) is 13.8. The molecule has 2 saturated heterocycles. The molecule has 0 saturated carbocycles. The lowest BCUT2D eigenvalue weighted by Gasteiger charge is -2.32. The molecule has 5 rings (SSSR count). The fourth-order valence-electron chi connectivity index (χ4n) is 5.86. The second kappa shape index (κ2) is 14.3. The average molecular weight is 675 g/mol. The molecule has 3 aromatic rings. The molecule has 47 heavy (non-hydrogen) atoms. The lowest BCUT2D eigenvalue weighted by atomic mass is 10.0. The largest absolute Gasteiger partial charge is 0.573 e. The van der Waals surface area contributed by atoms with Gasteiger partial charge in [0.1, 0.15) is 23.3 Å². The normalized spacial score (nSPS) is 16.9. The van der Waals surface area contributed by atoms with Crippen LogP contribution in [-0.2, 0) is 16.4 Å². The van der Waals surface area contributed by atoms with E-state index in [1.807, 2.05) is 0 Å². The van der Waals surface area contributed by atoms with Gasteiger partial charge >= 0.3 is 6.36 Å². The van der Waals surface area contributed by atoms with Crippen LogP contribution < -0.4 is 14.8 Å². The third kappa shape index (κ3) is 9.44. The number of aryl methyl sites for hydroxylation is 1.